The molecule has 0 bridgehead atoms. The molecule has 0 aliphatic rings. The third-order valence-electron chi connectivity index (χ3n) is 2.14. The van der Waals surface area contributed by atoms with Gasteiger partial charge in [-0.3, -0.25) is 4.79 Å². The van der Waals surface area contributed by atoms with Gasteiger partial charge in [0, 0.05) is 12.3 Å². The Bertz CT molecular complexity index is 554. The number of carboxylic acid groups (broad SMARTS) is 1. The van der Waals surface area contributed by atoms with Crippen LogP contribution in [0.3, 0.4) is 0 Å². The van der Waals surface area contributed by atoms with E-state index in [4.69, 9.17) is 9.52 Å². The van der Waals surface area contributed by atoms with Gasteiger partial charge in [-0.25, -0.2) is 4.79 Å². The number of hydrogen-bond donors (Lipinski definition) is 1. The first kappa shape index (κ1) is 10.2. The molecule has 0 fully saturated rings. The van der Waals surface area contributed by atoms with Crippen molar-refractivity contribution < 1.29 is 14.3 Å². The van der Waals surface area contributed by atoms with Crippen LogP contribution in [0.2, 0.25) is 0 Å². The van der Waals surface area contributed by atoms with Crippen LogP contribution in [-0.2, 0) is 6.54 Å². The zero-order chi connectivity index (χ0) is 11.5. The predicted molar refractivity (Wildman–Crippen MR) is 55.5 cm³/mol. The molecule has 0 aliphatic heterocycles. The number of hydrogen-bond acceptors (Lipinski definition) is 3. The summed E-state index contributed by atoms with van der Waals surface area (Å²) in [7, 11) is 0. The molecule has 0 aliphatic carbocycles. The molecule has 2 rings (SSSR count). The Balaban J connectivity index is 2.36. The molecule has 2 aromatic rings. The molecule has 0 saturated heterocycles. The van der Waals surface area contributed by atoms with Crippen LogP contribution in [0.1, 0.15) is 16.1 Å². The number of carboxylic acids is 1. The van der Waals surface area contributed by atoms with E-state index in [1.165, 1.54) is 29.2 Å². The van der Waals surface area contributed by atoms with Crippen molar-refractivity contribution in [1.29, 1.82) is 0 Å². The SMILES string of the molecule is O=C(O)c1ccc(=O)n(Cc2ccco2)c1. The zero-order valence-electron chi connectivity index (χ0n) is 8.29. The molecule has 5 heteroatoms. The molecule has 0 saturated carbocycles. The summed E-state index contributed by atoms with van der Waals surface area (Å²) in [5.41, 5.74) is -0.187. The van der Waals surface area contributed by atoms with E-state index in [0.29, 0.717) is 5.76 Å². The quantitative estimate of drug-likeness (QED) is 0.841. The summed E-state index contributed by atoms with van der Waals surface area (Å²) in [4.78, 5) is 22.2. The Kier molecular flexibility index (Phi) is 2.59. The summed E-state index contributed by atoms with van der Waals surface area (Å²) in [5, 5.41) is 8.79. The molecule has 0 atom stereocenters. The lowest BCUT2D eigenvalue weighted by molar-refractivity contribution is 0.0696. The minimum absolute atomic E-state index is 0.0751. The number of carbonyl (C=O) groups is 1. The summed E-state index contributed by atoms with van der Waals surface area (Å²) in [5.74, 6) is -0.460. The van der Waals surface area contributed by atoms with Gasteiger partial charge in [-0.1, -0.05) is 0 Å². The van der Waals surface area contributed by atoms with E-state index in [2.05, 4.69) is 0 Å². The Hall–Kier alpha value is -2.30. The Labute approximate surface area is 90.6 Å². The summed E-state index contributed by atoms with van der Waals surface area (Å²) < 4.78 is 6.38. The number of pyridine rings is 1. The van der Waals surface area contributed by atoms with Crippen LogP contribution in [-0.4, -0.2) is 15.6 Å². The number of aromatic carboxylic acids is 1. The molecular formula is C11H9NO4. The fourth-order valence-electron chi connectivity index (χ4n) is 1.35. The van der Waals surface area contributed by atoms with Gasteiger partial charge < -0.3 is 14.1 Å². The van der Waals surface area contributed by atoms with E-state index >= 15 is 0 Å². The van der Waals surface area contributed by atoms with Crippen LogP contribution < -0.4 is 5.56 Å². The summed E-state index contributed by atoms with van der Waals surface area (Å²) >= 11 is 0. The fraction of sp³-hybridized carbons (Fsp3) is 0.0909. The van der Waals surface area contributed by atoms with E-state index in [1.807, 2.05) is 0 Å². The lowest BCUT2D eigenvalue weighted by Crippen LogP contribution is -2.20. The average molecular weight is 219 g/mol. The van der Waals surface area contributed by atoms with Crippen LogP contribution in [0.25, 0.3) is 0 Å². The van der Waals surface area contributed by atoms with Crippen LogP contribution in [0.4, 0.5) is 0 Å². The van der Waals surface area contributed by atoms with Gasteiger partial charge in [0.1, 0.15) is 5.76 Å². The standard InChI is InChI=1S/C11H9NO4/c13-10-4-3-8(11(14)15)6-12(10)7-9-2-1-5-16-9/h1-6H,7H2,(H,14,15). The van der Waals surface area contributed by atoms with E-state index in [1.54, 1.807) is 12.1 Å². The van der Waals surface area contributed by atoms with Crippen LogP contribution in [0.15, 0.2) is 45.9 Å². The van der Waals surface area contributed by atoms with Crippen LogP contribution in [0.5, 0.6) is 0 Å². The molecule has 5 nitrogen and oxygen atoms in total. The first-order chi connectivity index (χ1) is 7.66. The Morgan fingerprint density at radius 2 is 2.19 bits per heavy atom. The number of rotatable bonds is 3. The van der Waals surface area contributed by atoms with Crippen LogP contribution in [0, 0.1) is 0 Å². The maximum absolute atomic E-state index is 11.4. The number of nitrogens with zero attached hydrogens (tertiary/aromatic N) is 1. The van der Waals surface area contributed by atoms with Gasteiger partial charge in [-0.15, -0.1) is 0 Å². The molecule has 0 radical (unpaired) electrons. The molecule has 82 valence electrons. The second kappa shape index (κ2) is 4.06. The maximum Gasteiger partial charge on any atom is 0.337 e. The van der Waals surface area contributed by atoms with Crippen molar-refractivity contribution in [2.24, 2.45) is 0 Å². The van der Waals surface area contributed by atoms with E-state index < -0.39 is 5.97 Å². The summed E-state index contributed by atoms with van der Waals surface area (Å²) in [6.07, 6.45) is 2.80. The highest BCUT2D eigenvalue weighted by atomic mass is 16.4. The monoisotopic (exact) mass is 219 g/mol. The Morgan fingerprint density at radius 1 is 1.38 bits per heavy atom. The normalized spacial score (nSPS) is 10.2. The fourth-order valence-corrected chi connectivity index (χ4v) is 1.35. The Morgan fingerprint density at radius 3 is 2.81 bits per heavy atom. The van der Waals surface area contributed by atoms with Crippen molar-refractivity contribution >= 4 is 5.97 Å². The smallest absolute Gasteiger partial charge is 0.337 e. The van der Waals surface area contributed by atoms with Gasteiger partial charge in [0.15, 0.2) is 0 Å². The highest BCUT2D eigenvalue weighted by molar-refractivity contribution is 5.87. The third-order valence-corrected chi connectivity index (χ3v) is 2.14. The second-order valence-electron chi connectivity index (χ2n) is 3.27. The summed E-state index contributed by atoms with van der Waals surface area (Å²) in [6.45, 7) is 0.229. The van der Waals surface area contributed by atoms with Gasteiger partial charge in [0.25, 0.3) is 5.56 Å². The lowest BCUT2D eigenvalue weighted by Gasteiger charge is -2.03. The summed E-state index contributed by atoms with van der Waals surface area (Å²) in [6, 6.07) is 5.94. The molecule has 2 aromatic heterocycles. The molecule has 0 aromatic carbocycles. The predicted octanol–water partition coefficient (Wildman–Crippen LogP) is 1.19. The first-order valence-electron chi connectivity index (χ1n) is 4.63. The zero-order valence-corrected chi connectivity index (χ0v) is 8.29. The van der Waals surface area contributed by atoms with Crippen molar-refractivity contribution in [3.63, 3.8) is 0 Å². The van der Waals surface area contributed by atoms with Gasteiger partial charge >= 0.3 is 5.97 Å². The van der Waals surface area contributed by atoms with Crippen molar-refractivity contribution in [3.8, 4) is 0 Å². The van der Waals surface area contributed by atoms with Gasteiger partial charge in [-0.2, -0.15) is 0 Å². The molecule has 0 unspecified atom stereocenters. The first-order valence-corrected chi connectivity index (χ1v) is 4.63. The van der Waals surface area contributed by atoms with Crippen molar-refractivity contribution in [3.05, 3.63) is 58.4 Å². The maximum atomic E-state index is 11.4. The average Bonchev–Trinajstić information content (AvgIpc) is 2.73. The minimum atomic E-state index is -1.06. The highest BCUT2D eigenvalue weighted by Crippen LogP contribution is 2.03. The molecular weight excluding hydrogens is 210 g/mol. The molecule has 16 heavy (non-hydrogen) atoms. The third kappa shape index (κ3) is 2.03. The van der Waals surface area contributed by atoms with Gasteiger partial charge in [-0.05, 0) is 18.2 Å². The van der Waals surface area contributed by atoms with Crippen molar-refractivity contribution in [2.75, 3.05) is 0 Å². The largest absolute Gasteiger partial charge is 0.478 e. The van der Waals surface area contributed by atoms with Crippen molar-refractivity contribution in [1.82, 2.24) is 4.57 Å². The molecule has 0 spiro atoms. The van der Waals surface area contributed by atoms with E-state index in [9.17, 15) is 9.59 Å². The lowest BCUT2D eigenvalue weighted by atomic mass is 10.3. The molecule has 1 N–H and O–H groups in total. The molecule has 0 amide bonds. The van der Waals surface area contributed by atoms with Crippen molar-refractivity contribution in [2.45, 2.75) is 6.54 Å². The minimum Gasteiger partial charge on any atom is -0.478 e. The van der Waals surface area contributed by atoms with E-state index in [0.717, 1.165) is 0 Å². The van der Waals surface area contributed by atoms with E-state index in [-0.39, 0.29) is 17.7 Å². The second-order valence-corrected chi connectivity index (χ2v) is 3.27. The highest BCUT2D eigenvalue weighted by Gasteiger charge is 2.06. The van der Waals surface area contributed by atoms with Gasteiger partial charge in [0.2, 0.25) is 0 Å². The van der Waals surface area contributed by atoms with Gasteiger partial charge in [0.05, 0.1) is 18.4 Å². The van der Waals surface area contributed by atoms with Crippen LogP contribution >= 0.6 is 0 Å². The number of furan rings is 1. The topological polar surface area (TPSA) is 72.4 Å². The molecule has 2 heterocycles. The number of aromatic nitrogens is 1.